The van der Waals surface area contributed by atoms with Crippen molar-refractivity contribution in [1.29, 1.82) is 0 Å². The molecule has 0 bridgehead atoms. The van der Waals surface area contributed by atoms with Crippen molar-refractivity contribution in [2.24, 2.45) is 0 Å². The normalized spacial score (nSPS) is 10.1. The average molecular weight is 296 g/mol. The predicted molar refractivity (Wildman–Crippen MR) is 70.2 cm³/mol. The molecule has 0 unspecified atom stereocenters. The SMILES string of the molecule is CSc1ccccc1Oc1ccc(Br)cn1. The van der Waals surface area contributed by atoms with Crippen LogP contribution < -0.4 is 4.74 Å². The van der Waals surface area contributed by atoms with E-state index in [4.69, 9.17) is 4.74 Å². The third-order valence-corrected chi connectivity index (χ3v) is 3.23. The second-order valence-electron chi connectivity index (χ2n) is 3.07. The molecule has 0 aliphatic carbocycles. The van der Waals surface area contributed by atoms with Gasteiger partial charge in [-0.2, -0.15) is 0 Å². The first-order valence-corrected chi connectivity index (χ1v) is 6.74. The minimum absolute atomic E-state index is 0.602. The number of nitrogens with zero attached hydrogens (tertiary/aromatic N) is 1. The lowest BCUT2D eigenvalue weighted by molar-refractivity contribution is 0.452. The van der Waals surface area contributed by atoms with E-state index >= 15 is 0 Å². The first-order valence-electron chi connectivity index (χ1n) is 4.72. The van der Waals surface area contributed by atoms with Crippen LogP contribution in [0.4, 0.5) is 0 Å². The summed E-state index contributed by atoms with van der Waals surface area (Å²) in [5.41, 5.74) is 0. The fraction of sp³-hybridized carbons (Fsp3) is 0.0833. The van der Waals surface area contributed by atoms with Gasteiger partial charge in [0.25, 0.3) is 0 Å². The fourth-order valence-corrected chi connectivity index (χ4v) is 2.00. The molecule has 16 heavy (non-hydrogen) atoms. The topological polar surface area (TPSA) is 22.1 Å². The molecule has 0 atom stereocenters. The maximum Gasteiger partial charge on any atom is 0.219 e. The summed E-state index contributed by atoms with van der Waals surface area (Å²) in [6.45, 7) is 0. The number of benzene rings is 1. The van der Waals surface area contributed by atoms with E-state index in [9.17, 15) is 0 Å². The number of rotatable bonds is 3. The van der Waals surface area contributed by atoms with Gasteiger partial charge < -0.3 is 4.74 Å². The minimum atomic E-state index is 0.602. The van der Waals surface area contributed by atoms with E-state index in [1.54, 1.807) is 18.0 Å². The molecule has 0 aliphatic heterocycles. The van der Waals surface area contributed by atoms with E-state index < -0.39 is 0 Å². The van der Waals surface area contributed by atoms with Gasteiger partial charge in [0.05, 0.1) is 0 Å². The molecule has 1 aromatic heterocycles. The van der Waals surface area contributed by atoms with Crippen LogP contribution in [-0.4, -0.2) is 11.2 Å². The lowest BCUT2D eigenvalue weighted by Crippen LogP contribution is -1.88. The Morgan fingerprint density at radius 3 is 2.69 bits per heavy atom. The molecule has 2 aromatic rings. The van der Waals surface area contributed by atoms with Gasteiger partial charge in [0.15, 0.2) is 0 Å². The highest BCUT2D eigenvalue weighted by atomic mass is 79.9. The van der Waals surface area contributed by atoms with Crippen LogP contribution in [0.15, 0.2) is 52.0 Å². The summed E-state index contributed by atoms with van der Waals surface area (Å²) in [4.78, 5) is 5.27. The van der Waals surface area contributed by atoms with Gasteiger partial charge in [-0.05, 0) is 40.4 Å². The lowest BCUT2D eigenvalue weighted by Gasteiger charge is -2.08. The van der Waals surface area contributed by atoms with Gasteiger partial charge in [-0.25, -0.2) is 4.98 Å². The van der Waals surface area contributed by atoms with Crippen LogP contribution in [-0.2, 0) is 0 Å². The number of pyridine rings is 1. The largest absolute Gasteiger partial charge is 0.438 e. The second-order valence-corrected chi connectivity index (χ2v) is 4.83. The maximum absolute atomic E-state index is 5.70. The molecule has 2 nitrogen and oxygen atoms in total. The van der Waals surface area contributed by atoms with E-state index in [2.05, 4.69) is 20.9 Å². The smallest absolute Gasteiger partial charge is 0.219 e. The van der Waals surface area contributed by atoms with Crippen molar-refractivity contribution >= 4 is 27.7 Å². The van der Waals surface area contributed by atoms with E-state index in [-0.39, 0.29) is 0 Å². The number of hydrogen-bond acceptors (Lipinski definition) is 3. The lowest BCUT2D eigenvalue weighted by atomic mass is 10.3. The van der Waals surface area contributed by atoms with Crippen molar-refractivity contribution in [3.05, 3.63) is 47.1 Å². The first kappa shape index (κ1) is 11.5. The van der Waals surface area contributed by atoms with Crippen molar-refractivity contribution in [1.82, 2.24) is 4.98 Å². The Hall–Kier alpha value is -1.00. The molecule has 82 valence electrons. The number of halogens is 1. The number of aromatic nitrogens is 1. The molecule has 1 heterocycles. The minimum Gasteiger partial charge on any atom is -0.438 e. The highest BCUT2D eigenvalue weighted by molar-refractivity contribution is 9.10. The summed E-state index contributed by atoms with van der Waals surface area (Å²) in [7, 11) is 0. The van der Waals surface area contributed by atoms with Crippen LogP contribution >= 0.6 is 27.7 Å². The van der Waals surface area contributed by atoms with Gasteiger partial charge in [0.2, 0.25) is 5.88 Å². The zero-order chi connectivity index (χ0) is 11.4. The van der Waals surface area contributed by atoms with E-state index in [1.165, 1.54) is 0 Å². The Morgan fingerprint density at radius 1 is 1.19 bits per heavy atom. The molecule has 0 radical (unpaired) electrons. The van der Waals surface area contributed by atoms with Crippen LogP contribution in [0.3, 0.4) is 0 Å². The average Bonchev–Trinajstić information content (AvgIpc) is 2.33. The van der Waals surface area contributed by atoms with Crippen molar-refractivity contribution in [3.8, 4) is 11.6 Å². The van der Waals surface area contributed by atoms with E-state index in [0.29, 0.717) is 5.88 Å². The molecule has 0 saturated heterocycles. The Kier molecular flexibility index (Phi) is 3.85. The molecule has 1 aromatic carbocycles. The number of hydrogen-bond donors (Lipinski definition) is 0. The number of para-hydroxylation sites is 1. The van der Waals surface area contributed by atoms with Crippen LogP contribution in [0.1, 0.15) is 0 Å². The molecular formula is C12H10BrNOS. The standard InChI is InChI=1S/C12H10BrNOS/c1-16-11-5-3-2-4-10(11)15-12-7-6-9(13)8-14-12/h2-8H,1H3. The second kappa shape index (κ2) is 5.37. The predicted octanol–water partition coefficient (Wildman–Crippen LogP) is 4.36. The summed E-state index contributed by atoms with van der Waals surface area (Å²) in [6.07, 6.45) is 3.74. The van der Waals surface area contributed by atoms with Crippen LogP contribution in [0, 0.1) is 0 Å². The van der Waals surface area contributed by atoms with E-state index in [1.807, 2.05) is 42.7 Å². The molecule has 0 aliphatic rings. The van der Waals surface area contributed by atoms with Gasteiger partial charge in [0, 0.05) is 21.6 Å². The highest BCUT2D eigenvalue weighted by Crippen LogP contribution is 2.30. The van der Waals surface area contributed by atoms with Gasteiger partial charge >= 0.3 is 0 Å². The van der Waals surface area contributed by atoms with Crippen molar-refractivity contribution < 1.29 is 4.74 Å². The van der Waals surface area contributed by atoms with Crippen LogP contribution in [0.25, 0.3) is 0 Å². The molecule has 0 spiro atoms. The van der Waals surface area contributed by atoms with Crippen LogP contribution in [0.5, 0.6) is 11.6 Å². The summed E-state index contributed by atoms with van der Waals surface area (Å²) >= 11 is 4.99. The molecule has 2 rings (SSSR count). The summed E-state index contributed by atoms with van der Waals surface area (Å²) in [5, 5.41) is 0. The van der Waals surface area contributed by atoms with Crippen molar-refractivity contribution in [2.75, 3.05) is 6.26 Å². The molecule has 0 N–H and O–H groups in total. The monoisotopic (exact) mass is 295 g/mol. The maximum atomic E-state index is 5.70. The third-order valence-electron chi connectivity index (χ3n) is 1.98. The first-order chi connectivity index (χ1) is 7.79. The zero-order valence-corrected chi connectivity index (χ0v) is 11.1. The summed E-state index contributed by atoms with van der Waals surface area (Å²) in [6, 6.07) is 11.7. The Bertz CT molecular complexity index is 473. The molecule has 0 saturated carbocycles. The van der Waals surface area contributed by atoms with Crippen molar-refractivity contribution in [3.63, 3.8) is 0 Å². The number of thioether (sulfide) groups is 1. The Labute approximate surface area is 107 Å². The van der Waals surface area contributed by atoms with Gasteiger partial charge in [-0.15, -0.1) is 11.8 Å². The van der Waals surface area contributed by atoms with Gasteiger partial charge in [-0.1, -0.05) is 12.1 Å². The summed E-state index contributed by atoms with van der Waals surface area (Å²) < 4.78 is 6.65. The fourth-order valence-electron chi connectivity index (χ4n) is 1.24. The van der Waals surface area contributed by atoms with Gasteiger partial charge in [-0.3, -0.25) is 0 Å². The zero-order valence-electron chi connectivity index (χ0n) is 8.68. The molecule has 0 amide bonds. The molecular weight excluding hydrogens is 286 g/mol. The highest BCUT2D eigenvalue weighted by Gasteiger charge is 2.03. The third kappa shape index (κ3) is 2.77. The molecule has 0 fully saturated rings. The molecule has 4 heteroatoms. The number of ether oxygens (including phenoxy) is 1. The Morgan fingerprint density at radius 2 is 2.00 bits per heavy atom. The summed E-state index contributed by atoms with van der Waals surface area (Å²) in [5.74, 6) is 1.44. The quantitative estimate of drug-likeness (QED) is 0.786. The van der Waals surface area contributed by atoms with E-state index in [0.717, 1.165) is 15.1 Å². The van der Waals surface area contributed by atoms with Gasteiger partial charge in [0.1, 0.15) is 5.75 Å². The van der Waals surface area contributed by atoms with Crippen molar-refractivity contribution in [2.45, 2.75) is 4.90 Å². The Balaban J connectivity index is 2.23. The van der Waals surface area contributed by atoms with Crippen LogP contribution in [0.2, 0.25) is 0 Å².